The van der Waals surface area contributed by atoms with Gasteiger partial charge < -0.3 is 0 Å². The van der Waals surface area contributed by atoms with Gasteiger partial charge in [0.15, 0.2) is 3.79 Å². The van der Waals surface area contributed by atoms with Crippen LogP contribution in [0.25, 0.3) is 0 Å². The molecule has 0 heterocycles. The van der Waals surface area contributed by atoms with Gasteiger partial charge in [0, 0.05) is 11.8 Å². The van der Waals surface area contributed by atoms with Crippen LogP contribution in [0.2, 0.25) is 0 Å². The number of alkyl halides is 1. The van der Waals surface area contributed by atoms with Gasteiger partial charge in [0.2, 0.25) is 0 Å². The maximum Gasteiger partial charge on any atom is 0.192 e. The first-order valence-electron chi connectivity index (χ1n) is 2.51. The van der Waals surface area contributed by atoms with Gasteiger partial charge in [-0.1, -0.05) is 15.9 Å². The maximum atomic E-state index is 10.3. The van der Waals surface area contributed by atoms with E-state index in [1.54, 1.807) is 0 Å². The zero-order valence-corrected chi connectivity index (χ0v) is 8.24. The lowest BCUT2D eigenvalue weighted by molar-refractivity contribution is -0.109. The van der Waals surface area contributed by atoms with E-state index in [2.05, 4.69) is 15.9 Å². The van der Waals surface area contributed by atoms with E-state index in [1.165, 1.54) is 0 Å². The third-order valence-corrected chi connectivity index (χ3v) is 1.86. The van der Waals surface area contributed by atoms with Crippen LogP contribution in [0.15, 0.2) is 0 Å². The Morgan fingerprint density at radius 2 is 2.12 bits per heavy atom. The standard InChI is InChI=1S/C5H8BrIO/c6-4-2-1-3-5(7)8/h1-4H2. The van der Waals surface area contributed by atoms with Crippen molar-refractivity contribution in [2.24, 2.45) is 0 Å². The Morgan fingerprint density at radius 3 is 2.50 bits per heavy atom. The topological polar surface area (TPSA) is 17.1 Å². The second-order valence-electron chi connectivity index (χ2n) is 1.50. The summed E-state index contributed by atoms with van der Waals surface area (Å²) in [6.45, 7) is 0. The Bertz CT molecular complexity index is 74.8. The van der Waals surface area contributed by atoms with Crippen molar-refractivity contribution in [3.8, 4) is 0 Å². The number of unbranched alkanes of at least 4 members (excludes halogenated alkanes) is 1. The smallest absolute Gasteiger partial charge is 0.192 e. The molecule has 0 amide bonds. The summed E-state index contributed by atoms with van der Waals surface area (Å²) in [6.07, 6.45) is 2.86. The Kier molecular flexibility index (Phi) is 6.67. The summed E-state index contributed by atoms with van der Waals surface area (Å²) < 4.78 is 0.267. The molecule has 3 heteroatoms. The van der Waals surface area contributed by atoms with Gasteiger partial charge in [0.05, 0.1) is 0 Å². The second-order valence-corrected chi connectivity index (χ2v) is 3.50. The van der Waals surface area contributed by atoms with Gasteiger partial charge in [0.25, 0.3) is 0 Å². The first-order chi connectivity index (χ1) is 3.77. The number of rotatable bonds is 4. The van der Waals surface area contributed by atoms with Crippen molar-refractivity contribution >= 4 is 42.3 Å². The van der Waals surface area contributed by atoms with E-state index in [0.717, 1.165) is 24.6 Å². The summed E-state index contributed by atoms with van der Waals surface area (Å²) in [7, 11) is 0. The minimum Gasteiger partial charge on any atom is -0.288 e. The third-order valence-electron chi connectivity index (χ3n) is 0.757. The molecule has 0 unspecified atom stereocenters. The van der Waals surface area contributed by atoms with Crippen molar-refractivity contribution in [3.63, 3.8) is 0 Å². The van der Waals surface area contributed by atoms with Crippen LogP contribution in [0.5, 0.6) is 0 Å². The van der Waals surface area contributed by atoms with Crippen molar-refractivity contribution in [1.82, 2.24) is 0 Å². The molecule has 8 heavy (non-hydrogen) atoms. The molecule has 0 aromatic carbocycles. The number of carbonyl (C=O) groups is 1. The highest BCUT2D eigenvalue weighted by molar-refractivity contribution is 14.1. The highest BCUT2D eigenvalue weighted by Gasteiger charge is 1.92. The van der Waals surface area contributed by atoms with E-state index >= 15 is 0 Å². The van der Waals surface area contributed by atoms with E-state index in [-0.39, 0.29) is 3.79 Å². The highest BCUT2D eigenvalue weighted by Crippen LogP contribution is 2.02. The van der Waals surface area contributed by atoms with Crippen LogP contribution in [0.3, 0.4) is 0 Å². The molecule has 0 aliphatic carbocycles. The second kappa shape index (κ2) is 6.01. The summed E-state index contributed by atoms with van der Waals surface area (Å²) in [6, 6.07) is 0. The van der Waals surface area contributed by atoms with Crippen molar-refractivity contribution in [2.75, 3.05) is 5.33 Å². The van der Waals surface area contributed by atoms with Crippen LogP contribution < -0.4 is 0 Å². The molecule has 0 bridgehead atoms. The molecule has 0 saturated carbocycles. The number of hydrogen-bond donors (Lipinski definition) is 0. The van der Waals surface area contributed by atoms with Gasteiger partial charge in [-0.2, -0.15) is 0 Å². The average molecular weight is 291 g/mol. The molecular formula is C5H8BrIO. The van der Waals surface area contributed by atoms with E-state index in [1.807, 2.05) is 22.6 Å². The third kappa shape index (κ3) is 6.88. The van der Waals surface area contributed by atoms with Gasteiger partial charge in [-0.25, -0.2) is 0 Å². The molecule has 0 spiro atoms. The molecule has 0 saturated heterocycles. The predicted octanol–water partition coefficient (Wildman–Crippen LogP) is 2.51. The largest absolute Gasteiger partial charge is 0.288 e. The summed E-state index contributed by atoms with van der Waals surface area (Å²) >= 11 is 5.11. The Morgan fingerprint density at radius 1 is 1.50 bits per heavy atom. The van der Waals surface area contributed by atoms with Gasteiger partial charge in [-0.15, -0.1) is 0 Å². The molecule has 0 N–H and O–H groups in total. The fourth-order valence-corrected chi connectivity index (χ4v) is 1.14. The van der Waals surface area contributed by atoms with E-state index in [0.29, 0.717) is 0 Å². The Balaban J connectivity index is 2.82. The Labute approximate surface area is 71.5 Å². The van der Waals surface area contributed by atoms with Crippen LogP contribution in [0.4, 0.5) is 0 Å². The number of hydrogen-bond acceptors (Lipinski definition) is 1. The van der Waals surface area contributed by atoms with E-state index < -0.39 is 0 Å². The van der Waals surface area contributed by atoms with Gasteiger partial charge >= 0.3 is 0 Å². The summed E-state index contributed by atoms with van der Waals surface area (Å²) in [5.41, 5.74) is 0. The predicted molar refractivity (Wildman–Crippen MR) is 46.7 cm³/mol. The minimum atomic E-state index is 0.267. The molecule has 0 atom stereocenters. The van der Waals surface area contributed by atoms with Crippen LogP contribution in [-0.2, 0) is 4.79 Å². The number of halogens is 2. The fourth-order valence-electron chi connectivity index (χ4n) is 0.358. The molecular weight excluding hydrogens is 283 g/mol. The van der Waals surface area contributed by atoms with Crippen molar-refractivity contribution in [2.45, 2.75) is 19.3 Å². The molecule has 1 nitrogen and oxygen atoms in total. The maximum absolute atomic E-state index is 10.3. The molecule has 0 aliphatic heterocycles. The van der Waals surface area contributed by atoms with Crippen molar-refractivity contribution < 1.29 is 4.79 Å². The quantitative estimate of drug-likeness (QED) is 0.337. The van der Waals surface area contributed by atoms with Crippen LogP contribution in [-0.4, -0.2) is 9.12 Å². The first kappa shape index (κ1) is 8.88. The van der Waals surface area contributed by atoms with Gasteiger partial charge in [-0.3, -0.25) is 4.79 Å². The van der Waals surface area contributed by atoms with Gasteiger partial charge in [-0.05, 0) is 35.4 Å². The zero-order chi connectivity index (χ0) is 6.41. The SMILES string of the molecule is O=C(I)CCCCBr. The molecule has 0 aliphatic rings. The van der Waals surface area contributed by atoms with Crippen molar-refractivity contribution in [3.05, 3.63) is 0 Å². The molecule has 0 fully saturated rings. The lowest BCUT2D eigenvalue weighted by Crippen LogP contribution is -1.84. The Hall–Kier alpha value is 0.880. The summed E-state index contributed by atoms with van der Waals surface area (Å²) in [5, 5.41) is 1.01. The monoisotopic (exact) mass is 290 g/mol. The van der Waals surface area contributed by atoms with E-state index in [9.17, 15) is 4.79 Å². The average Bonchev–Trinajstić information content (AvgIpc) is 1.66. The molecule has 0 aromatic heterocycles. The van der Waals surface area contributed by atoms with Gasteiger partial charge in [0.1, 0.15) is 0 Å². The minimum absolute atomic E-state index is 0.267. The lowest BCUT2D eigenvalue weighted by Gasteiger charge is -1.88. The fraction of sp³-hybridized carbons (Fsp3) is 0.800. The highest BCUT2D eigenvalue weighted by atomic mass is 127. The molecule has 0 aromatic rings. The summed E-state index contributed by atoms with van der Waals surface area (Å²) in [4.78, 5) is 10.3. The lowest BCUT2D eigenvalue weighted by atomic mass is 10.3. The van der Waals surface area contributed by atoms with Crippen LogP contribution in [0.1, 0.15) is 19.3 Å². The zero-order valence-electron chi connectivity index (χ0n) is 4.49. The van der Waals surface area contributed by atoms with Crippen LogP contribution >= 0.6 is 38.5 Å². The van der Waals surface area contributed by atoms with E-state index in [4.69, 9.17) is 0 Å². The molecule has 48 valence electrons. The van der Waals surface area contributed by atoms with Crippen molar-refractivity contribution in [1.29, 1.82) is 0 Å². The summed E-state index contributed by atoms with van der Waals surface area (Å²) in [5.74, 6) is 0. The number of carbonyl (C=O) groups excluding carboxylic acids is 1. The molecule has 0 radical (unpaired) electrons. The first-order valence-corrected chi connectivity index (χ1v) is 4.71. The normalized spacial score (nSPS) is 9.25. The van der Waals surface area contributed by atoms with Crippen LogP contribution in [0, 0.1) is 0 Å². The molecule has 0 rings (SSSR count).